The molecule has 3 nitrogen and oxygen atoms in total. The Bertz CT molecular complexity index is 1150. The third kappa shape index (κ3) is 2.85. The molecule has 1 unspecified atom stereocenters. The van der Waals surface area contributed by atoms with Gasteiger partial charge < -0.3 is 9.88 Å². The van der Waals surface area contributed by atoms with Gasteiger partial charge >= 0.3 is 0 Å². The number of H-pyrrole nitrogens is 1. The molecule has 0 bridgehead atoms. The van der Waals surface area contributed by atoms with Crippen LogP contribution in [0.5, 0.6) is 0 Å². The number of carbonyl (C=O) groups excluding carboxylic acids is 1. The Morgan fingerprint density at radius 1 is 0.929 bits per heavy atom. The summed E-state index contributed by atoms with van der Waals surface area (Å²) in [6.07, 6.45) is 0.852. The standard InChI is InChI=1S/C24H19BrN2O/c25-18-12-10-16(11-13-18)23-22-20(19-8-4-5-9-21(19)26-22)14-15-27(23)24(28)17-6-2-1-3-7-17/h1-13,23,26H,14-15H2. The van der Waals surface area contributed by atoms with Gasteiger partial charge in [-0.05, 0) is 47.9 Å². The van der Waals surface area contributed by atoms with Crippen LogP contribution < -0.4 is 0 Å². The molecule has 1 N–H and O–H groups in total. The maximum absolute atomic E-state index is 13.4. The number of aromatic nitrogens is 1. The van der Waals surface area contributed by atoms with Gasteiger partial charge in [0, 0.05) is 33.2 Å². The molecule has 1 aliphatic rings. The van der Waals surface area contributed by atoms with Crippen molar-refractivity contribution < 1.29 is 4.79 Å². The fourth-order valence-electron chi connectivity index (χ4n) is 4.20. The Kier molecular flexibility index (Phi) is 4.29. The van der Waals surface area contributed by atoms with Gasteiger partial charge in [-0.1, -0.05) is 64.5 Å². The molecular weight excluding hydrogens is 412 g/mol. The lowest BCUT2D eigenvalue weighted by Crippen LogP contribution is -2.40. The van der Waals surface area contributed by atoms with Crippen molar-refractivity contribution in [3.05, 3.63) is 106 Å². The first kappa shape index (κ1) is 17.3. The van der Waals surface area contributed by atoms with Crippen molar-refractivity contribution in [3.8, 4) is 0 Å². The van der Waals surface area contributed by atoms with Crippen LogP contribution in [-0.2, 0) is 6.42 Å². The highest BCUT2D eigenvalue weighted by Crippen LogP contribution is 2.39. The van der Waals surface area contributed by atoms with Crippen molar-refractivity contribution in [2.24, 2.45) is 0 Å². The lowest BCUT2D eigenvalue weighted by molar-refractivity contribution is 0.0692. The number of nitrogens with one attached hydrogen (secondary N) is 1. The van der Waals surface area contributed by atoms with E-state index in [9.17, 15) is 4.79 Å². The summed E-state index contributed by atoms with van der Waals surface area (Å²) in [7, 11) is 0. The topological polar surface area (TPSA) is 36.1 Å². The Morgan fingerprint density at radius 2 is 1.64 bits per heavy atom. The SMILES string of the molecule is O=C(c1ccccc1)N1CCc2c([nH]c3ccccc23)C1c1ccc(Br)cc1. The molecule has 4 aromatic rings. The van der Waals surface area contributed by atoms with E-state index in [2.05, 4.69) is 51.2 Å². The molecule has 0 spiro atoms. The summed E-state index contributed by atoms with van der Waals surface area (Å²) >= 11 is 3.52. The zero-order valence-corrected chi connectivity index (χ0v) is 16.8. The third-order valence-corrected chi connectivity index (χ3v) is 6.03. The smallest absolute Gasteiger partial charge is 0.254 e. The first-order chi connectivity index (χ1) is 13.7. The summed E-state index contributed by atoms with van der Waals surface area (Å²) in [5, 5.41) is 1.26. The van der Waals surface area contributed by atoms with E-state index in [0.717, 1.165) is 33.2 Å². The van der Waals surface area contributed by atoms with Gasteiger partial charge in [-0.25, -0.2) is 0 Å². The Balaban J connectivity index is 1.67. The van der Waals surface area contributed by atoms with Crippen molar-refractivity contribution in [3.63, 3.8) is 0 Å². The van der Waals surface area contributed by atoms with Gasteiger partial charge in [-0.3, -0.25) is 4.79 Å². The van der Waals surface area contributed by atoms with E-state index in [1.54, 1.807) is 0 Å². The minimum absolute atomic E-state index is 0.0674. The lowest BCUT2D eigenvalue weighted by atomic mass is 9.91. The van der Waals surface area contributed by atoms with Crippen LogP contribution in [0, 0.1) is 0 Å². The predicted molar refractivity (Wildman–Crippen MR) is 115 cm³/mol. The van der Waals surface area contributed by atoms with Crippen molar-refractivity contribution in [1.29, 1.82) is 0 Å². The van der Waals surface area contributed by atoms with Crippen LogP contribution >= 0.6 is 15.9 Å². The number of amides is 1. The number of nitrogens with zero attached hydrogens (tertiary/aromatic N) is 1. The predicted octanol–water partition coefficient (Wildman–Crippen LogP) is 5.72. The Labute approximate surface area is 172 Å². The number of hydrogen-bond acceptors (Lipinski definition) is 1. The van der Waals surface area contributed by atoms with Gasteiger partial charge in [0.1, 0.15) is 0 Å². The van der Waals surface area contributed by atoms with E-state index in [0.29, 0.717) is 6.54 Å². The summed E-state index contributed by atoms with van der Waals surface area (Å²) in [6.45, 7) is 0.698. The number of halogens is 1. The summed E-state index contributed by atoms with van der Waals surface area (Å²) < 4.78 is 1.03. The summed E-state index contributed by atoms with van der Waals surface area (Å²) in [4.78, 5) is 19.0. The number of carbonyl (C=O) groups is 1. The molecule has 0 aliphatic carbocycles. The lowest BCUT2D eigenvalue weighted by Gasteiger charge is -2.36. The molecule has 1 amide bonds. The van der Waals surface area contributed by atoms with Crippen molar-refractivity contribution in [1.82, 2.24) is 9.88 Å². The van der Waals surface area contributed by atoms with Crippen LogP contribution in [-0.4, -0.2) is 22.3 Å². The highest BCUT2D eigenvalue weighted by Gasteiger charge is 2.34. The molecule has 1 aromatic heterocycles. The van der Waals surface area contributed by atoms with Crippen LogP contribution in [0.3, 0.4) is 0 Å². The number of para-hydroxylation sites is 1. The van der Waals surface area contributed by atoms with Gasteiger partial charge in [0.05, 0.1) is 6.04 Å². The Hall–Kier alpha value is -2.85. The first-order valence-corrected chi connectivity index (χ1v) is 10.2. The minimum Gasteiger partial charge on any atom is -0.356 e. The van der Waals surface area contributed by atoms with E-state index in [-0.39, 0.29) is 11.9 Å². The number of rotatable bonds is 2. The number of benzene rings is 3. The molecule has 3 aromatic carbocycles. The molecule has 1 aliphatic heterocycles. The molecule has 0 fully saturated rings. The number of hydrogen-bond donors (Lipinski definition) is 1. The van der Waals surface area contributed by atoms with E-state index >= 15 is 0 Å². The first-order valence-electron chi connectivity index (χ1n) is 9.43. The van der Waals surface area contributed by atoms with E-state index in [1.165, 1.54) is 10.9 Å². The van der Waals surface area contributed by atoms with Crippen molar-refractivity contribution >= 4 is 32.7 Å². The normalized spacial score (nSPS) is 16.2. The molecule has 4 heteroatoms. The maximum atomic E-state index is 13.4. The molecule has 28 heavy (non-hydrogen) atoms. The van der Waals surface area contributed by atoms with E-state index < -0.39 is 0 Å². The quantitative estimate of drug-likeness (QED) is 0.433. The van der Waals surface area contributed by atoms with Crippen LogP contribution in [0.15, 0.2) is 83.3 Å². The number of fused-ring (bicyclic) bond motifs is 3. The fraction of sp³-hybridized carbons (Fsp3) is 0.125. The highest BCUT2D eigenvalue weighted by molar-refractivity contribution is 9.10. The summed E-state index contributed by atoms with van der Waals surface area (Å²) in [5.74, 6) is 0.0674. The van der Waals surface area contributed by atoms with Crippen LogP contribution in [0.25, 0.3) is 10.9 Å². The van der Waals surface area contributed by atoms with Crippen molar-refractivity contribution in [2.45, 2.75) is 12.5 Å². The second-order valence-electron chi connectivity index (χ2n) is 7.13. The minimum atomic E-state index is -0.128. The molecule has 1 atom stereocenters. The third-order valence-electron chi connectivity index (χ3n) is 5.50. The number of aromatic amines is 1. The molecule has 5 rings (SSSR count). The largest absolute Gasteiger partial charge is 0.356 e. The summed E-state index contributed by atoms with van der Waals surface area (Å²) in [6, 6.07) is 26.1. The highest BCUT2D eigenvalue weighted by atomic mass is 79.9. The van der Waals surface area contributed by atoms with E-state index in [4.69, 9.17) is 0 Å². The fourth-order valence-corrected chi connectivity index (χ4v) is 4.46. The van der Waals surface area contributed by atoms with Gasteiger partial charge in [0.25, 0.3) is 5.91 Å². The second kappa shape index (κ2) is 6.95. The van der Waals surface area contributed by atoms with Crippen molar-refractivity contribution in [2.75, 3.05) is 6.54 Å². The average Bonchev–Trinajstić information content (AvgIpc) is 3.13. The summed E-state index contributed by atoms with van der Waals surface area (Å²) in [5.41, 5.74) is 5.41. The van der Waals surface area contributed by atoms with E-state index in [1.807, 2.05) is 53.4 Å². The average molecular weight is 431 g/mol. The zero-order valence-electron chi connectivity index (χ0n) is 15.2. The molecule has 0 radical (unpaired) electrons. The molecule has 2 heterocycles. The van der Waals surface area contributed by atoms with Gasteiger partial charge in [0.15, 0.2) is 0 Å². The molecular formula is C24H19BrN2O. The van der Waals surface area contributed by atoms with Gasteiger partial charge in [-0.15, -0.1) is 0 Å². The van der Waals surface area contributed by atoms with Gasteiger partial charge in [-0.2, -0.15) is 0 Å². The second-order valence-corrected chi connectivity index (χ2v) is 8.05. The van der Waals surface area contributed by atoms with Crippen LogP contribution in [0.2, 0.25) is 0 Å². The van der Waals surface area contributed by atoms with Crippen LogP contribution in [0.1, 0.15) is 33.2 Å². The molecule has 0 saturated heterocycles. The zero-order chi connectivity index (χ0) is 19.1. The Morgan fingerprint density at radius 3 is 2.43 bits per heavy atom. The maximum Gasteiger partial charge on any atom is 0.254 e. The molecule has 0 saturated carbocycles. The van der Waals surface area contributed by atoms with Gasteiger partial charge in [0.2, 0.25) is 0 Å². The van der Waals surface area contributed by atoms with Crippen LogP contribution in [0.4, 0.5) is 0 Å². The molecule has 138 valence electrons. The monoisotopic (exact) mass is 430 g/mol.